The standard InChI is InChI=1S/C10H17NO3/c1-10(2,3)9-11-6(8(13)14-9)4-5-7(11)12/h6-7,9,12H,4-5H2,1-3H3. The monoisotopic (exact) mass is 199 g/mol. The Hall–Kier alpha value is -0.610. The zero-order chi connectivity index (χ0) is 10.5. The third-order valence-electron chi connectivity index (χ3n) is 2.91. The zero-order valence-electron chi connectivity index (χ0n) is 8.86. The highest BCUT2D eigenvalue weighted by atomic mass is 16.6. The van der Waals surface area contributed by atoms with Gasteiger partial charge in [0.05, 0.1) is 0 Å². The molecule has 0 aromatic carbocycles. The summed E-state index contributed by atoms with van der Waals surface area (Å²) < 4.78 is 5.29. The maximum absolute atomic E-state index is 11.5. The van der Waals surface area contributed by atoms with Crippen molar-refractivity contribution in [3.8, 4) is 0 Å². The van der Waals surface area contributed by atoms with Gasteiger partial charge < -0.3 is 9.84 Å². The Balaban J connectivity index is 2.25. The fourth-order valence-corrected chi connectivity index (χ4v) is 2.25. The van der Waals surface area contributed by atoms with E-state index >= 15 is 0 Å². The average Bonchev–Trinajstić information content (AvgIpc) is 2.54. The second kappa shape index (κ2) is 2.94. The maximum Gasteiger partial charge on any atom is 0.325 e. The molecule has 4 nitrogen and oxygen atoms in total. The van der Waals surface area contributed by atoms with Gasteiger partial charge in [-0.2, -0.15) is 0 Å². The maximum atomic E-state index is 11.5. The number of carbonyl (C=O) groups excluding carboxylic acids is 1. The summed E-state index contributed by atoms with van der Waals surface area (Å²) in [7, 11) is 0. The normalized spacial score (nSPS) is 38.6. The Morgan fingerprint density at radius 1 is 1.43 bits per heavy atom. The van der Waals surface area contributed by atoms with Crippen molar-refractivity contribution in [1.29, 1.82) is 0 Å². The van der Waals surface area contributed by atoms with E-state index in [1.54, 1.807) is 0 Å². The Morgan fingerprint density at radius 3 is 2.64 bits per heavy atom. The van der Waals surface area contributed by atoms with Crippen molar-refractivity contribution in [2.45, 2.75) is 52.1 Å². The molecule has 0 radical (unpaired) electrons. The van der Waals surface area contributed by atoms with Gasteiger partial charge >= 0.3 is 5.97 Å². The van der Waals surface area contributed by atoms with Crippen LogP contribution in [0.4, 0.5) is 0 Å². The van der Waals surface area contributed by atoms with Crippen LogP contribution in [-0.4, -0.2) is 34.5 Å². The fraction of sp³-hybridized carbons (Fsp3) is 0.900. The minimum Gasteiger partial charge on any atom is -0.444 e. The van der Waals surface area contributed by atoms with Crippen LogP contribution < -0.4 is 0 Å². The highest BCUT2D eigenvalue weighted by Gasteiger charge is 2.52. The van der Waals surface area contributed by atoms with Gasteiger partial charge in [0.15, 0.2) is 6.23 Å². The van der Waals surface area contributed by atoms with Crippen LogP contribution in [0.1, 0.15) is 33.6 Å². The number of hydrogen-bond acceptors (Lipinski definition) is 4. The molecule has 2 saturated heterocycles. The molecule has 2 rings (SSSR count). The number of hydrogen-bond donors (Lipinski definition) is 1. The van der Waals surface area contributed by atoms with E-state index < -0.39 is 6.23 Å². The molecule has 3 unspecified atom stereocenters. The summed E-state index contributed by atoms with van der Waals surface area (Å²) in [6.07, 6.45) is 0.590. The lowest BCUT2D eigenvalue weighted by Crippen LogP contribution is -2.45. The highest BCUT2D eigenvalue weighted by Crippen LogP contribution is 2.39. The predicted octanol–water partition coefficient (Wildman–Crippen LogP) is 0.698. The number of aliphatic hydroxyl groups excluding tert-OH is 1. The lowest BCUT2D eigenvalue weighted by molar-refractivity contribution is -0.152. The summed E-state index contributed by atoms with van der Waals surface area (Å²) in [5.74, 6) is -0.179. The summed E-state index contributed by atoms with van der Waals surface area (Å²) >= 11 is 0. The second-order valence-corrected chi connectivity index (χ2v) is 5.18. The van der Waals surface area contributed by atoms with E-state index in [1.165, 1.54) is 0 Å². The molecule has 0 bridgehead atoms. The minimum atomic E-state index is -0.518. The molecule has 2 fully saturated rings. The number of cyclic esters (lactones) is 1. The van der Waals surface area contributed by atoms with Crippen molar-refractivity contribution in [3.05, 3.63) is 0 Å². The topological polar surface area (TPSA) is 49.8 Å². The predicted molar refractivity (Wildman–Crippen MR) is 50.2 cm³/mol. The number of esters is 1. The number of aliphatic hydroxyl groups is 1. The first-order chi connectivity index (χ1) is 6.41. The molecule has 0 aliphatic carbocycles. The quantitative estimate of drug-likeness (QED) is 0.583. The molecule has 4 heteroatoms. The minimum absolute atomic E-state index is 0.143. The molecule has 0 amide bonds. The van der Waals surface area contributed by atoms with Gasteiger partial charge in [-0.1, -0.05) is 20.8 Å². The summed E-state index contributed by atoms with van der Waals surface area (Å²) in [5.41, 5.74) is -0.143. The van der Waals surface area contributed by atoms with E-state index in [0.29, 0.717) is 12.8 Å². The van der Waals surface area contributed by atoms with Crippen molar-refractivity contribution in [2.24, 2.45) is 5.41 Å². The molecule has 0 aromatic rings. The smallest absolute Gasteiger partial charge is 0.325 e. The van der Waals surface area contributed by atoms with Gasteiger partial charge in [-0.25, -0.2) is 4.90 Å². The van der Waals surface area contributed by atoms with E-state index in [0.717, 1.165) is 0 Å². The number of rotatable bonds is 0. The molecule has 2 aliphatic heterocycles. The van der Waals surface area contributed by atoms with Gasteiger partial charge in [-0.3, -0.25) is 4.79 Å². The first-order valence-electron chi connectivity index (χ1n) is 5.07. The number of ether oxygens (including phenoxy) is 1. The van der Waals surface area contributed by atoms with Crippen molar-refractivity contribution >= 4 is 5.97 Å². The number of carbonyl (C=O) groups is 1. The molecule has 3 atom stereocenters. The van der Waals surface area contributed by atoms with Crippen molar-refractivity contribution < 1.29 is 14.6 Å². The van der Waals surface area contributed by atoms with Crippen molar-refractivity contribution in [3.63, 3.8) is 0 Å². The van der Waals surface area contributed by atoms with Crippen LogP contribution in [-0.2, 0) is 9.53 Å². The summed E-state index contributed by atoms with van der Waals surface area (Å²) in [6.45, 7) is 6.04. The van der Waals surface area contributed by atoms with Crippen LogP contribution in [0.25, 0.3) is 0 Å². The second-order valence-electron chi connectivity index (χ2n) is 5.18. The summed E-state index contributed by atoms with van der Waals surface area (Å²) in [4.78, 5) is 13.3. The van der Waals surface area contributed by atoms with Crippen LogP contribution in [0.3, 0.4) is 0 Å². The van der Waals surface area contributed by atoms with Crippen LogP contribution >= 0.6 is 0 Å². The lowest BCUT2D eigenvalue weighted by Gasteiger charge is -2.33. The zero-order valence-corrected chi connectivity index (χ0v) is 8.86. The summed E-state index contributed by atoms with van der Waals surface area (Å²) in [5, 5.41) is 9.74. The van der Waals surface area contributed by atoms with Crippen molar-refractivity contribution in [1.82, 2.24) is 4.90 Å². The third-order valence-corrected chi connectivity index (χ3v) is 2.91. The van der Waals surface area contributed by atoms with Gasteiger partial charge in [0.1, 0.15) is 12.3 Å². The number of fused-ring (bicyclic) bond motifs is 1. The summed E-state index contributed by atoms with van der Waals surface area (Å²) in [6, 6.07) is -0.214. The van der Waals surface area contributed by atoms with Gasteiger partial charge in [-0.15, -0.1) is 0 Å². The Kier molecular flexibility index (Phi) is 2.08. The molecule has 0 aromatic heterocycles. The van der Waals surface area contributed by atoms with Gasteiger partial charge in [0, 0.05) is 5.41 Å². The van der Waals surface area contributed by atoms with E-state index in [-0.39, 0.29) is 23.7 Å². The van der Waals surface area contributed by atoms with E-state index in [9.17, 15) is 9.90 Å². The van der Waals surface area contributed by atoms with Crippen LogP contribution in [0.5, 0.6) is 0 Å². The number of nitrogens with zero attached hydrogens (tertiary/aromatic N) is 1. The Labute approximate surface area is 83.8 Å². The van der Waals surface area contributed by atoms with E-state index in [2.05, 4.69) is 0 Å². The first kappa shape index (κ1) is 9.93. The highest BCUT2D eigenvalue weighted by molar-refractivity contribution is 5.78. The lowest BCUT2D eigenvalue weighted by atomic mass is 9.93. The van der Waals surface area contributed by atoms with Gasteiger partial charge in [0.25, 0.3) is 0 Å². The fourth-order valence-electron chi connectivity index (χ4n) is 2.25. The van der Waals surface area contributed by atoms with E-state index in [4.69, 9.17) is 4.74 Å². The largest absolute Gasteiger partial charge is 0.444 e. The van der Waals surface area contributed by atoms with Crippen LogP contribution in [0.15, 0.2) is 0 Å². The van der Waals surface area contributed by atoms with Crippen molar-refractivity contribution in [2.75, 3.05) is 0 Å². The molecule has 80 valence electrons. The average molecular weight is 199 g/mol. The Morgan fingerprint density at radius 2 is 2.07 bits per heavy atom. The molecule has 14 heavy (non-hydrogen) atoms. The molecule has 1 N–H and O–H groups in total. The van der Waals surface area contributed by atoms with Crippen LogP contribution in [0.2, 0.25) is 0 Å². The molecule has 0 saturated carbocycles. The van der Waals surface area contributed by atoms with Crippen LogP contribution in [0, 0.1) is 5.41 Å². The molecule has 2 heterocycles. The van der Waals surface area contributed by atoms with Gasteiger partial charge in [0.2, 0.25) is 0 Å². The first-order valence-corrected chi connectivity index (χ1v) is 5.07. The molecule has 2 aliphatic rings. The Bertz CT molecular complexity index is 259. The molecular weight excluding hydrogens is 182 g/mol. The third kappa shape index (κ3) is 1.33. The SMILES string of the molecule is CC(C)(C)C1OC(=O)C2CCC(O)N21. The van der Waals surface area contributed by atoms with E-state index in [1.807, 2.05) is 25.7 Å². The molecule has 0 spiro atoms. The van der Waals surface area contributed by atoms with Gasteiger partial charge in [-0.05, 0) is 12.8 Å². The molecular formula is C10H17NO3.